The van der Waals surface area contributed by atoms with Crippen LogP contribution in [0, 0.1) is 12.8 Å². The predicted octanol–water partition coefficient (Wildman–Crippen LogP) is 2.76. The summed E-state index contributed by atoms with van der Waals surface area (Å²) in [5.74, 6) is 0.000320. The molecule has 0 aliphatic heterocycles. The molecule has 1 N–H and O–H groups in total. The third-order valence-electron chi connectivity index (χ3n) is 4.16. The van der Waals surface area contributed by atoms with Crippen LogP contribution in [0.2, 0.25) is 0 Å². The van der Waals surface area contributed by atoms with Crippen molar-refractivity contribution in [1.29, 1.82) is 0 Å². The highest BCUT2D eigenvalue weighted by molar-refractivity contribution is 7.15. The minimum atomic E-state index is -0.165. The first-order valence-corrected chi connectivity index (χ1v) is 8.30. The van der Waals surface area contributed by atoms with Crippen LogP contribution in [0.3, 0.4) is 0 Å². The fourth-order valence-corrected chi connectivity index (χ4v) is 3.92. The summed E-state index contributed by atoms with van der Waals surface area (Å²) in [7, 11) is 0. The minimum Gasteiger partial charge on any atom is -0.320 e. The molecule has 6 heteroatoms. The van der Waals surface area contributed by atoms with Crippen molar-refractivity contribution in [2.45, 2.75) is 46.0 Å². The third-order valence-corrected chi connectivity index (χ3v) is 5.03. The van der Waals surface area contributed by atoms with E-state index in [0.717, 1.165) is 37.8 Å². The number of carbonyl (C=O) groups excluding carboxylic acids is 1. The van der Waals surface area contributed by atoms with E-state index < -0.39 is 0 Å². The molecule has 1 amide bonds. The molecule has 5 nitrogen and oxygen atoms in total. The summed E-state index contributed by atoms with van der Waals surface area (Å²) in [6.45, 7) is 3.78. The Kier molecular flexibility index (Phi) is 3.80. The second kappa shape index (κ2) is 5.60. The monoisotopic (exact) mass is 305 g/mol. The van der Waals surface area contributed by atoms with Crippen LogP contribution < -0.4 is 10.9 Å². The molecule has 0 saturated heterocycles. The summed E-state index contributed by atoms with van der Waals surface area (Å²) in [5, 5.41) is 4.77. The number of nitrogens with one attached hydrogen (secondary N) is 1. The Morgan fingerprint density at radius 3 is 2.86 bits per heavy atom. The highest BCUT2D eigenvalue weighted by Crippen LogP contribution is 2.26. The van der Waals surface area contributed by atoms with Crippen molar-refractivity contribution >= 4 is 27.9 Å². The lowest BCUT2D eigenvalue weighted by atomic mass is 10.1. The fourth-order valence-electron chi connectivity index (χ4n) is 2.91. The van der Waals surface area contributed by atoms with Crippen LogP contribution in [0.4, 0.5) is 5.69 Å². The molecule has 3 rings (SSSR count). The van der Waals surface area contributed by atoms with Gasteiger partial charge in [0.1, 0.15) is 5.69 Å². The van der Waals surface area contributed by atoms with E-state index in [1.165, 1.54) is 11.3 Å². The van der Waals surface area contributed by atoms with E-state index >= 15 is 0 Å². The molecule has 0 bridgehead atoms. The second-order valence-electron chi connectivity index (χ2n) is 5.55. The summed E-state index contributed by atoms with van der Waals surface area (Å²) < 4.78 is 1.61. The smallest absolute Gasteiger partial charge is 0.282 e. The molecule has 0 unspecified atom stereocenters. The molecule has 2 aromatic rings. The quantitative estimate of drug-likeness (QED) is 0.948. The predicted molar refractivity (Wildman–Crippen MR) is 84.0 cm³/mol. The maximum atomic E-state index is 12.7. The lowest BCUT2D eigenvalue weighted by molar-refractivity contribution is -0.119. The molecule has 1 aliphatic carbocycles. The van der Waals surface area contributed by atoms with E-state index in [1.807, 2.05) is 12.3 Å². The summed E-state index contributed by atoms with van der Waals surface area (Å²) in [6.07, 6.45) is 4.79. The number of hydrogen-bond donors (Lipinski definition) is 1. The van der Waals surface area contributed by atoms with Gasteiger partial charge in [0, 0.05) is 17.0 Å². The van der Waals surface area contributed by atoms with E-state index in [9.17, 15) is 9.59 Å². The molecule has 112 valence electrons. The van der Waals surface area contributed by atoms with Gasteiger partial charge in [-0.05, 0) is 26.2 Å². The van der Waals surface area contributed by atoms with Crippen LogP contribution in [0.1, 0.15) is 44.0 Å². The Morgan fingerprint density at radius 2 is 2.19 bits per heavy atom. The number of carbonyl (C=O) groups is 1. The molecule has 2 aromatic heterocycles. The molecule has 1 saturated carbocycles. The maximum absolute atomic E-state index is 12.7. The Hall–Kier alpha value is -1.69. The van der Waals surface area contributed by atoms with Crippen LogP contribution in [0.5, 0.6) is 0 Å². The zero-order valence-electron chi connectivity index (χ0n) is 12.3. The van der Waals surface area contributed by atoms with E-state index in [2.05, 4.69) is 10.3 Å². The largest absolute Gasteiger partial charge is 0.320 e. The van der Waals surface area contributed by atoms with Crippen molar-refractivity contribution in [3.8, 4) is 0 Å². The lowest BCUT2D eigenvalue weighted by Crippen LogP contribution is -2.28. The van der Waals surface area contributed by atoms with Crippen LogP contribution in [0.15, 0.2) is 10.2 Å². The molecule has 0 spiro atoms. The van der Waals surface area contributed by atoms with Crippen LogP contribution >= 0.6 is 11.3 Å². The number of hydrogen-bond acceptors (Lipinski definition) is 4. The van der Waals surface area contributed by atoms with E-state index in [4.69, 9.17) is 0 Å². The number of aryl methyl sites for hydroxylation is 2. The standard InChI is InChI=1S/C15H19N3O2S/c1-3-11-8-21-15-16-9(2)12(14(20)18(11)15)17-13(19)10-6-4-5-7-10/h8,10H,3-7H2,1-2H3,(H,17,19). The summed E-state index contributed by atoms with van der Waals surface area (Å²) in [4.78, 5) is 30.1. The average molecular weight is 305 g/mol. The van der Waals surface area contributed by atoms with Crippen molar-refractivity contribution in [3.63, 3.8) is 0 Å². The van der Waals surface area contributed by atoms with Gasteiger partial charge in [0.25, 0.3) is 5.56 Å². The molecule has 1 fully saturated rings. The molecule has 2 heterocycles. The van der Waals surface area contributed by atoms with Gasteiger partial charge in [0.05, 0.1) is 5.69 Å². The number of rotatable bonds is 3. The number of aromatic nitrogens is 2. The lowest BCUT2D eigenvalue weighted by Gasteiger charge is -2.12. The highest BCUT2D eigenvalue weighted by atomic mass is 32.1. The topological polar surface area (TPSA) is 63.5 Å². The van der Waals surface area contributed by atoms with Crippen LogP contribution in [-0.2, 0) is 11.2 Å². The maximum Gasteiger partial charge on any atom is 0.282 e. The van der Waals surface area contributed by atoms with Crippen molar-refractivity contribution in [2.75, 3.05) is 5.32 Å². The number of amides is 1. The SMILES string of the molecule is CCc1csc2nc(C)c(NC(=O)C3CCCC3)c(=O)n12. The van der Waals surface area contributed by atoms with Crippen molar-refractivity contribution < 1.29 is 4.79 Å². The van der Waals surface area contributed by atoms with Crippen LogP contribution in [0.25, 0.3) is 4.96 Å². The van der Waals surface area contributed by atoms with Crippen molar-refractivity contribution in [1.82, 2.24) is 9.38 Å². The number of nitrogens with zero attached hydrogens (tertiary/aromatic N) is 2. The van der Waals surface area contributed by atoms with Crippen molar-refractivity contribution in [3.05, 3.63) is 27.1 Å². The summed E-state index contributed by atoms with van der Waals surface area (Å²) in [6, 6.07) is 0. The Balaban J connectivity index is 2.01. The Labute approximate surface area is 127 Å². The van der Waals surface area contributed by atoms with Gasteiger partial charge in [-0.1, -0.05) is 19.8 Å². The molecular weight excluding hydrogens is 286 g/mol. The average Bonchev–Trinajstić information content (AvgIpc) is 3.11. The van der Waals surface area contributed by atoms with E-state index in [1.54, 1.807) is 11.3 Å². The second-order valence-corrected chi connectivity index (χ2v) is 6.38. The van der Waals surface area contributed by atoms with Gasteiger partial charge in [-0.2, -0.15) is 0 Å². The zero-order chi connectivity index (χ0) is 15.0. The number of thiazole rings is 1. The van der Waals surface area contributed by atoms with E-state index in [0.29, 0.717) is 16.3 Å². The fraction of sp³-hybridized carbons (Fsp3) is 0.533. The van der Waals surface area contributed by atoms with Gasteiger partial charge >= 0.3 is 0 Å². The summed E-state index contributed by atoms with van der Waals surface area (Å²) >= 11 is 1.46. The molecule has 0 atom stereocenters. The highest BCUT2D eigenvalue weighted by Gasteiger charge is 2.24. The summed E-state index contributed by atoms with van der Waals surface area (Å²) in [5.41, 5.74) is 1.69. The van der Waals surface area contributed by atoms with Gasteiger partial charge in [-0.15, -0.1) is 11.3 Å². The first-order chi connectivity index (χ1) is 10.1. The Morgan fingerprint density at radius 1 is 1.48 bits per heavy atom. The third kappa shape index (κ3) is 2.48. The first kappa shape index (κ1) is 14.3. The molecular formula is C15H19N3O2S. The number of anilines is 1. The van der Waals surface area contributed by atoms with Gasteiger partial charge < -0.3 is 5.32 Å². The van der Waals surface area contributed by atoms with Gasteiger partial charge in [0.15, 0.2) is 4.96 Å². The van der Waals surface area contributed by atoms with Gasteiger partial charge in [0.2, 0.25) is 5.91 Å². The molecule has 0 aromatic carbocycles. The van der Waals surface area contributed by atoms with Crippen LogP contribution in [-0.4, -0.2) is 15.3 Å². The zero-order valence-corrected chi connectivity index (χ0v) is 13.1. The number of fused-ring (bicyclic) bond motifs is 1. The minimum absolute atomic E-state index is 0.0391. The van der Waals surface area contributed by atoms with Crippen molar-refractivity contribution in [2.24, 2.45) is 5.92 Å². The normalized spacial score (nSPS) is 15.7. The first-order valence-electron chi connectivity index (χ1n) is 7.42. The van der Waals surface area contributed by atoms with E-state index in [-0.39, 0.29) is 17.4 Å². The van der Waals surface area contributed by atoms with Gasteiger partial charge in [-0.25, -0.2) is 4.98 Å². The van der Waals surface area contributed by atoms with Gasteiger partial charge in [-0.3, -0.25) is 14.0 Å². The Bertz CT molecular complexity index is 741. The molecule has 1 aliphatic rings. The molecule has 21 heavy (non-hydrogen) atoms. The molecule has 0 radical (unpaired) electrons.